The van der Waals surface area contributed by atoms with Crippen LogP contribution in [0, 0.1) is 23.5 Å². The van der Waals surface area contributed by atoms with Gasteiger partial charge in [0.2, 0.25) is 0 Å². The van der Waals surface area contributed by atoms with Gasteiger partial charge < -0.3 is 14.6 Å². The van der Waals surface area contributed by atoms with E-state index in [0.29, 0.717) is 41.9 Å². The van der Waals surface area contributed by atoms with Gasteiger partial charge in [-0.25, -0.2) is 8.78 Å². The molecule has 53 heavy (non-hydrogen) atoms. The molecule has 0 aromatic heterocycles. The molecule has 3 heterocycles. The summed E-state index contributed by atoms with van der Waals surface area (Å²) >= 11 is 6.25. The number of aliphatic hydroxyl groups excluding tert-OH is 1. The third kappa shape index (κ3) is 8.37. The maximum absolute atomic E-state index is 14.7. The molecule has 7 rings (SSSR count). The minimum atomic E-state index is -0.734. The summed E-state index contributed by atoms with van der Waals surface area (Å²) in [4.78, 5) is 30.0. The van der Waals surface area contributed by atoms with Crippen molar-refractivity contribution in [2.75, 3.05) is 25.6 Å². The molecule has 2 fully saturated rings. The molecular formula is C43H45F2NO5S2. The number of thiol groups is 1. The molecule has 3 aliphatic heterocycles. The summed E-state index contributed by atoms with van der Waals surface area (Å²) < 4.78 is 41.0. The monoisotopic (exact) mass is 757 g/mol. The van der Waals surface area contributed by atoms with Gasteiger partial charge in [0.1, 0.15) is 17.2 Å². The van der Waals surface area contributed by atoms with E-state index in [1.807, 2.05) is 68.4 Å². The van der Waals surface area contributed by atoms with Crippen LogP contribution in [0.4, 0.5) is 8.78 Å². The highest BCUT2D eigenvalue weighted by molar-refractivity contribution is 8.14. The molecular weight excluding hydrogens is 713 g/mol. The van der Waals surface area contributed by atoms with Crippen molar-refractivity contribution >= 4 is 41.0 Å². The number of ketones is 2. The zero-order valence-corrected chi connectivity index (χ0v) is 31.6. The number of Topliss-reactive ketones (excluding diaryl/α,β-unsaturated/α-hetero) is 2. The van der Waals surface area contributed by atoms with Gasteiger partial charge in [0.05, 0.1) is 36.9 Å². The van der Waals surface area contributed by atoms with Crippen molar-refractivity contribution in [2.45, 2.75) is 61.5 Å². The number of carbonyl (C=O) groups is 2. The van der Waals surface area contributed by atoms with E-state index in [1.54, 1.807) is 54.2 Å². The third-order valence-corrected chi connectivity index (χ3v) is 12.3. The average Bonchev–Trinajstić information content (AvgIpc) is 3.68. The Morgan fingerprint density at radius 1 is 0.811 bits per heavy atom. The van der Waals surface area contributed by atoms with Gasteiger partial charge in [0.15, 0.2) is 11.6 Å². The van der Waals surface area contributed by atoms with E-state index in [-0.39, 0.29) is 71.9 Å². The highest BCUT2D eigenvalue weighted by Crippen LogP contribution is 2.49. The van der Waals surface area contributed by atoms with Crippen molar-refractivity contribution in [3.63, 3.8) is 0 Å². The lowest BCUT2D eigenvalue weighted by atomic mass is 9.67. The number of halogens is 2. The molecule has 6 nitrogen and oxygen atoms in total. The van der Waals surface area contributed by atoms with Crippen LogP contribution in [0.3, 0.4) is 0 Å². The number of hydrogen-bond acceptors (Lipinski definition) is 8. The van der Waals surface area contributed by atoms with Crippen LogP contribution in [-0.2, 0) is 20.4 Å². The van der Waals surface area contributed by atoms with Gasteiger partial charge in [0.25, 0.3) is 0 Å². The highest BCUT2D eigenvalue weighted by Gasteiger charge is 2.53. The number of aliphatic hydroxyl groups is 1. The van der Waals surface area contributed by atoms with E-state index in [9.17, 15) is 23.5 Å². The van der Waals surface area contributed by atoms with Crippen molar-refractivity contribution < 1.29 is 33.0 Å². The molecule has 3 aliphatic rings. The van der Waals surface area contributed by atoms with Crippen LogP contribution >= 0.6 is 24.4 Å². The minimum Gasteiger partial charge on any atom is -0.396 e. The quantitative estimate of drug-likeness (QED) is 0.118. The molecule has 4 aromatic rings. The summed E-state index contributed by atoms with van der Waals surface area (Å²) in [6, 6.07) is 31.7. The van der Waals surface area contributed by atoms with Crippen molar-refractivity contribution in [1.82, 2.24) is 0 Å². The summed E-state index contributed by atoms with van der Waals surface area (Å²) in [7, 11) is 0. The van der Waals surface area contributed by atoms with Crippen molar-refractivity contribution in [1.29, 1.82) is 0 Å². The van der Waals surface area contributed by atoms with E-state index >= 15 is 0 Å². The Morgan fingerprint density at radius 3 is 1.96 bits per heavy atom. The number of ether oxygens (including phenoxy) is 2. The largest absolute Gasteiger partial charge is 0.396 e. The van der Waals surface area contributed by atoms with Crippen LogP contribution in [0.15, 0.2) is 114 Å². The fourth-order valence-corrected chi connectivity index (χ4v) is 9.86. The number of fused-ring (bicyclic) bond motifs is 1. The lowest BCUT2D eigenvalue weighted by molar-refractivity contribution is 0.0860. The van der Waals surface area contributed by atoms with E-state index in [1.165, 1.54) is 12.1 Å². The lowest BCUT2D eigenvalue weighted by Crippen LogP contribution is -2.41. The first-order chi connectivity index (χ1) is 25.6. The van der Waals surface area contributed by atoms with Gasteiger partial charge in [-0.1, -0.05) is 97.1 Å². The summed E-state index contributed by atoms with van der Waals surface area (Å²) in [6.07, 6.45) is 0.754. The molecule has 10 heteroatoms. The zero-order chi connectivity index (χ0) is 37.6. The van der Waals surface area contributed by atoms with E-state index < -0.39 is 11.0 Å². The van der Waals surface area contributed by atoms with E-state index in [0.717, 1.165) is 10.8 Å². The Balaban J connectivity index is 0.000000181. The Kier molecular flexibility index (Phi) is 12.7. The zero-order valence-electron chi connectivity index (χ0n) is 29.9. The number of carbonyl (C=O) groups excluding carboxylic acids is 2. The maximum Gasteiger partial charge on any atom is 0.169 e. The second-order valence-corrected chi connectivity index (χ2v) is 15.9. The third-order valence-electron chi connectivity index (χ3n) is 10.9. The summed E-state index contributed by atoms with van der Waals surface area (Å²) in [5, 5.41) is 10.5. The number of nitrogens with zero attached hydrogens (tertiary/aromatic N) is 1. The van der Waals surface area contributed by atoms with Gasteiger partial charge in [-0.15, -0.1) is 11.8 Å². The molecule has 0 saturated carbocycles. The predicted octanol–water partition coefficient (Wildman–Crippen LogP) is 8.53. The van der Waals surface area contributed by atoms with Crippen molar-refractivity contribution in [3.8, 4) is 0 Å². The first-order valence-electron chi connectivity index (χ1n) is 18.0. The summed E-state index contributed by atoms with van der Waals surface area (Å²) in [5.74, 6) is 0.0768. The van der Waals surface area contributed by atoms with Gasteiger partial charge in [-0.2, -0.15) is 12.6 Å². The molecule has 1 unspecified atom stereocenters. The molecule has 7 atom stereocenters. The smallest absolute Gasteiger partial charge is 0.169 e. The average molecular weight is 758 g/mol. The molecule has 1 N–H and O–H groups in total. The topological polar surface area (TPSA) is 85.2 Å². The second-order valence-electron chi connectivity index (χ2n) is 14.1. The number of benzene rings is 4. The first-order valence-corrected chi connectivity index (χ1v) is 19.5. The number of aliphatic imine (C=N–C) groups is 1. The van der Waals surface area contributed by atoms with Crippen molar-refractivity contribution in [2.24, 2.45) is 16.8 Å². The number of thioether (sulfide) groups is 1. The lowest BCUT2D eigenvalue weighted by Gasteiger charge is -2.36. The Labute approximate surface area is 319 Å². The van der Waals surface area contributed by atoms with Crippen LogP contribution < -0.4 is 0 Å². The van der Waals surface area contributed by atoms with Crippen LogP contribution in [0.1, 0.15) is 65.0 Å². The van der Waals surface area contributed by atoms with Crippen LogP contribution in [0.5, 0.6) is 0 Å². The fourth-order valence-electron chi connectivity index (χ4n) is 7.99. The van der Waals surface area contributed by atoms with Crippen LogP contribution in [-0.4, -0.2) is 64.7 Å². The van der Waals surface area contributed by atoms with Gasteiger partial charge in [-0.3, -0.25) is 14.6 Å². The van der Waals surface area contributed by atoms with E-state index in [4.69, 9.17) is 14.5 Å². The molecule has 0 bridgehead atoms. The SMILES string of the molecule is C[C@H]1OC[C@@](CC(S)CC(=O)c2ccccc2)(c2ccccc2F)[C@@H]1CO.C[C@H]1OC[C@]2(c3ccccc3F)N=C(CC(=O)c3ccccc3)SC[C@H]12. The van der Waals surface area contributed by atoms with Crippen LogP contribution in [0.2, 0.25) is 0 Å². The minimum absolute atomic E-state index is 0.00629. The fraction of sp³-hybridized carbons (Fsp3) is 0.372. The van der Waals surface area contributed by atoms with Gasteiger partial charge in [0, 0.05) is 58.0 Å². The summed E-state index contributed by atoms with van der Waals surface area (Å²) in [6.45, 7) is 4.46. The molecule has 2 saturated heterocycles. The molecule has 0 aliphatic carbocycles. The van der Waals surface area contributed by atoms with Gasteiger partial charge in [-0.05, 0) is 38.0 Å². The number of hydrogen-bond donors (Lipinski definition) is 2. The molecule has 0 radical (unpaired) electrons. The highest BCUT2D eigenvalue weighted by atomic mass is 32.2. The molecule has 278 valence electrons. The van der Waals surface area contributed by atoms with Crippen molar-refractivity contribution in [3.05, 3.63) is 143 Å². The predicted molar refractivity (Wildman–Crippen MR) is 209 cm³/mol. The first kappa shape index (κ1) is 39.0. The maximum atomic E-state index is 14.7. The number of rotatable bonds is 11. The van der Waals surface area contributed by atoms with Gasteiger partial charge >= 0.3 is 0 Å². The Morgan fingerprint density at radius 2 is 1.36 bits per heavy atom. The van der Waals surface area contributed by atoms with E-state index in [2.05, 4.69) is 12.6 Å². The second kappa shape index (κ2) is 17.2. The van der Waals surface area contributed by atoms with Crippen LogP contribution in [0.25, 0.3) is 0 Å². The Bertz CT molecular complexity index is 1910. The standard InChI is InChI=1S/C22H25FO3S.C21H20FNO2S/c1-15-19(13-24)22(14-26-15,18-9-5-6-10-20(18)23)12-17(27)11-21(25)16-7-3-2-4-8-16;1-14-17-12-26-20(11-19(24)15-7-3-2-4-8-15)23-21(17,13-25-14)16-9-5-6-10-18(16)22/h2-10,15,17,19,24,27H,11-14H2,1H3;2-10,14,17H,11-13H2,1H3/t15-,17?,19-,22+;14-,17-,21-/m11/s1. The molecule has 0 amide bonds. The normalized spacial score (nSPS) is 26.9. The molecule has 4 aromatic carbocycles. The molecule has 0 spiro atoms. The summed E-state index contributed by atoms with van der Waals surface area (Å²) in [5.41, 5.74) is 0.977. The Hall–Kier alpha value is -3.67.